The van der Waals surface area contributed by atoms with Crippen molar-refractivity contribution >= 4 is 34.9 Å². The first kappa shape index (κ1) is 19.8. The SMILES string of the molecule is CCN(CCN1C(=O)C(C)SC1c1ccc(F)cc1F)C(=O)c1cccs1. The average molecular weight is 411 g/mol. The summed E-state index contributed by atoms with van der Waals surface area (Å²) in [5.41, 5.74) is 0.284. The van der Waals surface area contributed by atoms with E-state index < -0.39 is 17.0 Å². The molecule has 0 aliphatic carbocycles. The Morgan fingerprint density at radius 1 is 1.30 bits per heavy atom. The second kappa shape index (κ2) is 8.39. The first-order chi connectivity index (χ1) is 12.9. The van der Waals surface area contributed by atoms with Gasteiger partial charge < -0.3 is 9.80 Å². The van der Waals surface area contributed by atoms with Gasteiger partial charge in [0.05, 0.1) is 10.1 Å². The summed E-state index contributed by atoms with van der Waals surface area (Å²) in [5.74, 6) is -1.50. The quantitative estimate of drug-likeness (QED) is 0.718. The van der Waals surface area contributed by atoms with Gasteiger partial charge in [-0.3, -0.25) is 9.59 Å². The van der Waals surface area contributed by atoms with Crippen LogP contribution < -0.4 is 0 Å². The van der Waals surface area contributed by atoms with Crippen LogP contribution in [0.5, 0.6) is 0 Å². The summed E-state index contributed by atoms with van der Waals surface area (Å²) in [5, 5.41) is 1.00. The Labute approximate surface area is 165 Å². The van der Waals surface area contributed by atoms with Crippen LogP contribution in [0.15, 0.2) is 35.7 Å². The molecule has 2 aromatic rings. The van der Waals surface area contributed by atoms with Crippen molar-refractivity contribution in [2.45, 2.75) is 24.5 Å². The number of thiophene rings is 1. The van der Waals surface area contributed by atoms with E-state index in [0.717, 1.165) is 6.07 Å². The highest BCUT2D eigenvalue weighted by molar-refractivity contribution is 8.01. The minimum absolute atomic E-state index is 0.0793. The summed E-state index contributed by atoms with van der Waals surface area (Å²) in [7, 11) is 0. The van der Waals surface area contributed by atoms with E-state index in [1.807, 2.05) is 18.4 Å². The van der Waals surface area contributed by atoms with Crippen molar-refractivity contribution in [1.29, 1.82) is 0 Å². The molecule has 4 nitrogen and oxygen atoms in total. The van der Waals surface area contributed by atoms with Crippen LogP contribution in [0.4, 0.5) is 8.78 Å². The summed E-state index contributed by atoms with van der Waals surface area (Å²) >= 11 is 2.71. The Balaban J connectivity index is 1.76. The number of hydrogen-bond acceptors (Lipinski definition) is 4. The van der Waals surface area contributed by atoms with Crippen LogP contribution in [0.25, 0.3) is 0 Å². The number of rotatable bonds is 6. The van der Waals surface area contributed by atoms with Gasteiger partial charge in [-0.1, -0.05) is 12.1 Å². The maximum atomic E-state index is 14.3. The van der Waals surface area contributed by atoms with Crippen molar-refractivity contribution in [3.05, 3.63) is 57.8 Å². The average Bonchev–Trinajstić information content (AvgIpc) is 3.26. The van der Waals surface area contributed by atoms with Gasteiger partial charge in [-0.15, -0.1) is 23.1 Å². The lowest BCUT2D eigenvalue weighted by Gasteiger charge is -2.28. The Hall–Kier alpha value is -1.93. The van der Waals surface area contributed by atoms with E-state index in [1.54, 1.807) is 22.8 Å². The number of thioether (sulfide) groups is 1. The Bertz CT molecular complexity index is 829. The van der Waals surface area contributed by atoms with E-state index in [0.29, 0.717) is 24.5 Å². The number of carbonyl (C=O) groups is 2. The third-order valence-corrected chi connectivity index (χ3v) is 6.72. The summed E-state index contributed by atoms with van der Waals surface area (Å²) in [6.07, 6.45) is 0. The van der Waals surface area contributed by atoms with Crippen LogP contribution >= 0.6 is 23.1 Å². The van der Waals surface area contributed by atoms with Crippen LogP contribution in [0.2, 0.25) is 0 Å². The Morgan fingerprint density at radius 2 is 2.07 bits per heavy atom. The van der Waals surface area contributed by atoms with Crippen molar-refractivity contribution in [3.63, 3.8) is 0 Å². The van der Waals surface area contributed by atoms with Gasteiger partial charge in [0.15, 0.2) is 0 Å². The molecule has 1 aromatic heterocycles. The summed E-state index contributed by atoms with van der Waals surface area (Å²) in [4.78, 5) is 29.0. The Kier molecular flexibility index (Phi) is 6.16. The first-order valence-electron chi connectivity index (χ1n) is 8.66. The second-order valence-corrected chi connectivity index (χ2v) is 8.56. The number of nitrogens with zero attached hydrogens (tertiary/aromatic N) is 2. The highest BCUT2D eigenvalue weighted by Crippen LogP contribution is 2.43. The van der Waals surface area contributed by atoms with E-state index in [9.17, 15) is 18.4 Å². The minimum atomic E-state index is -0.665. The van der Waals surface area contributed by atoms with Gasteiger partial charge in [0.2, 0.25) is 5.91 Å². The molecule has 2 unspecified atom stereocenters. The summed E-state index contributed by atoms with van der Waals surface area (Å²) in [6.45, 7) is 4.81. The minimum Gasteiger partial charge on any atom is -0.336 e. The van der Waals surface area contributed by atoms with Crippen molar-refractivity contribution in [2.75, 3.05) is 19.6 Å². The lowest BCUT2D eigenvalue weighted by molar-refractivity contribution is -0.130. The van der Waals surface area contributed by atoms with Crippen molar-refractivity contribution in [3.8, 4) is 0 Å². The van der Waals surface area contributed by atoms with Gasteiger partial charge in [-0.25, -0.2) is 8.78 Å². The molecule has 8 heteroatoms. The predicted molar refractivity (Wildman–Crippen MR) is 104 cm³/mol. The molecule has 1 aliphatic rings. The third kappa shape index (κ3) is 4.16. The van der Waals surface area contributed by atoms with Crippen molar-refractivity contribution in [1.82, 2.24) is 9.80 Å². The molecule has 2 amide bonds. The summed E-state index contributed by atoms with van der Waals surface area (Å²) in [6, 6.07) is 7.01. The molecule has 0 N–H and O–H groups in total. The lowest BCUT2D eigenvalue weighted by atomic mass is 10.2. The van der Waals surface area contributed by atoms with Crippen LogP contribution in [0.3, 0.4) is 0 Å². The van der Waals surface area contributed by atoms with Crippen molar-refractivity contribution in [2.24, 2.45) is 0 Å². The maximum absolute atomic E-state index is 14.3. The molecule has 0 radical (unpaired) electrons. The lowest BCUT2D eigenvalue weighted by Crippen LogP contribution is -2.40. The maximum Gasteiger partial charge on any atom is 0.263 e. The molecule has 2 heterocycles. The molecule has 1 saturated heterocycles. The van der Waals surface area contributed by atoms with Crippen molar-refractivity contribution < 1.29 is 18.4 Å². The molecule has 1 aliphatic heterocycles. The fourth-order valence-corrected chi connectivity index (χ4v) is 5.06. The van der Waals surface area contributed by atoms with Crippen LogP contribution in [-0.4, -0.2) is 46.5 Å². The van der Waals surface area contributed by atoms with Gasteiger partial charge in [-0.2, -0.15) is 0 Å². The van der Waals surface area contributed by atoms with E-state index in [-0.39, 0.29) is 22.6 Å². The molecule has 144 valence electrons. The fraction of sp³-hybridized carbons (Fsp3) is 0.368. The van der Waals surface area contributed by atoms with E-state index >= 15 is 0 Å². The highest BCUT2D eigenvalue weighted by Gasteiger charge is 2.39. The zero-order valence-corrected chi connectivity index (χ0v) is 16.7. The Morgan fingerprint density at radius 3 is 2.70 bits per heavy atom. The monoisotopic (exact) mass is 410 g/mol. The number of hydrogen-bond donors (Lipinski definition) is 0. The highest BCUT2D eigenvalue weighted by atomic mass is 32.2. The molecule has 2 atom stereocenters. The standard InChI is InChI=1S/C19H20F2N2O2S2/c1-3-22(18(25)16-5-4-10-26-16)8-9-23-17(24)12(2)27-19(23)14-7-6-13(20)11-15(14)21/h4-7,10-12,19H,3,8-9H2,1-2H3. The van der Waals surface area contributed by atoms with Gasteiger partial charge in [-0.05, 0) is 31.4 Å². The molecule has 27 heavy (non-hydrogen) atoms. The molecule has 3 rings (SSSR count). The second-order valence-electron chi connectivity index (χ2n) is 6.19. The van der Waals surface area contributed by atoms with Crippen LogP contribution in [-0.2, 0) is 4.79 Å². The van der Waals surface area contributed by atoms with E-state index in [1.165, 1.54) is 35.2 Å². The summed E-state index contributed by atoms with van der Waals surface area (Å²) < 4.78 is 27.5. The third-order valence-electron chi connectivity index (χ3n) is 4.49. The van der Waals surface area contributed by atoms with Gasteiger partial charge in [0.1, 0.15) is 17.0 Å². The molecule has 1 fully saturated rings. The largest absolute Gasteiger partial charge is 0.336 e. The molecule has 0 saturated carbocycles. The molecule has 0 spiro atoms. The number of benzene rings is 1. The number of likely N-dealkylation sites (N-methyl/N-ethyl adjacent to an activating group) is 1. The molecule has 1 aromatic carbocycles. The molecular weight excluding hydrogens is 390 g/mol. The van der Waals surface area contributed by atoms with Crippen LogP contribution in [0, 0.1) is 11.6 Å². The topological polar surface area (TPSA) is 40.6 Å². The number of amides is 2. The normalized spacial score (nSPS) is 19.6. The first-order valence-corrected chi connectivity index (χ1v) is 10.5. The molecular formula is C19H20F2N2O2S2. The number of carbonyl (C=O) groups excluding carboxylic acids is 2. The van der Waals surface area contributed by atoms with Gasteiger partial charge in [0, 0.05) is 31.3 Å². The van der Waals surface area contributed by atoms with Gasteiger partial charge in [0.25, 0.3) is 5.91 Å². The zero-order valence-electron chi connectivity index (χ0n) is 15.0. The van der Waals surface area contributed by atoms with Crippen LogP contribution in [0.1, 0.15) is 34.5 Å². The van der Waals surface area contributed by atoms with Gasteiger partial charge >= 0.3 is 0 Å². The number of halogens is 2. The van der Waals surface area contributed by atoms with E-state index in [2.05, 4.69) is 0 Å². The smallest absolute Gasteiger partial charge is 0.263 e. The zero-order chi connectivity index (χ0) is 19.6. The molecule has 0 bridgehead atoms. The predicted octanol–water partition coefficient (Wildman–Crippen LogP) is 4.15. The fourth-order valence-electron chi connectivity index (χ4n) is 3.03. The van der Waals surface area contributed by atoms with E-state index in [4.69, 9.17) is 0 Å².